The van der Waals surface area contributed by atoms with Gasteiger partial charge in [-0.05, 0) is 51.3 Å². The van der Waals surface area contributed by atoms with Crippen LogP contribution in [0.4, 0.5) is 10.1 Å². The maximum Gasteiger partial charge on any atom is 0.322 e. The van der Waals surface area contributed by atoms with Gasteiger partial charge in [-0.2, -0.15) is 5.10 Å². The minimum Gasteiger partial charge on any atom is -0.423 e. The Labute approximate surface area is 211 Å². The molecule has 3 rings (SSSR count). The molecule has 0 aliphatic carbocycles. The molecule has 0 atom stereocenters. The van der Waals surface area contributed by atoms with Crippen molar-refractivity contribution in [2.24, 2.45) is 10.7 Å². The van der Waals surface area contributed by atoms with Crippen LogP contribution in [0.15, 0.2) is 75.3 Å². The highest BCUT2D eigenvalue weighted by Gasteiger charge is 2.20. The van der Waals surface area contributed by atoms with E-state index in [4.69, 9.17) is 22.1 Å². The van der Waals surface area contributed by atoms with Gasteiger partial charge < -0.3 is 15.8 Å². The first-order valence-electron chi connectivity index (χ1n) is 10.6. The first kappa shape index (κ1) is 26.2. The van der Waals surface area contributed by atoms with Crippen LogP contribution in [0, 0.1) is 5.82 Å². The number of aromatic nitrogens is 4. The highest BCUT2D eigenvalue weighted by molar-refractivity contribution is 6.32. The Morgan fingerprint density at radius 3 is 2.47 bits per heavy atom. The van der Waals surface area contributed by atoms with E-state index in [2.05, 4.69) is 32.1 Å². The molecule has 10 nitrogen and oxygen atoms in total. The van der Waals surface area contributed by atoms with Gasteiger partial charge in [0.25, 0.3) is 5.91 Å². The Bertz CT molecular complexity index is 1400. The maximum absolute atomic E-state index is 13.4. The Kier molecular flexibility index (Phi) is 8.28. The van der Waals surface area contributed by atoms with Crippen LogP contribution in [0.2, 0.25) is 0 Å². The van der Waals surface area contributed by atoms with Crippen molar-refractivity contribution in [2.75, 3.05) is 5.32 Å². The number of ether oxygens (including phenoxy) is 1. The number of anilines is 1. The summed E-state index contributed by atoms with van der Waals surface area (Å²) in [5, 5.41) is 6.76. The van der Waals surface area contributed by atoms with Crippen LogP contribution >= 0.6 is 11.6 Å². The molecule has 0 unspecified atom stereocenters. The normalized spacial score (nSPS) is 12.2. The summed E-state index contributed by atoms with van der Waals surface area (Å²) in [4.78, 5) is 37.6. The van der Waals surface area contributed by atoms with Crippen molar-refractivity contribution in [3.05, 3.63) is 87.3 Å². The molecule has 0 aliphatic rings. The number of allylic oxidation sites excluding steroid dienone is 2. The summed E-state index contributed by atoms with van der Waals surface area (Å²) in [5.74, 6) is -1.07. The largest absolute Gasteiger partial charge is 0.423 e. The number of nitrogens with two attached hydrogens (primary N) is 1. The zero-order chi connectivity index (χ0) is 26.4. The van der Waals surface area contributed by atoms with Crippen LogP contribution in [0.25, 0.3) is 11.1 Å². The molecule has 0 aliphatic heterocycles. The molecule has 2 heterocycles. The van der Waals surface area contributed by atoms with E-state index in [1.807, 2.05) is 13.8 Å². The van der Waals surface area contributed by atoms with E-state index in [1.54, 1.807) is 13.0 Å². The van der Waals surface area contributed by atoms with Crippen LogP contribution in [0.3, 0.4) is 0 Å². The third-order valence-corrected chi connectivity index (χ3v) is 5.18. The van der Waals surface area contributed by atoms with Crippen LogP contribution in [0.1, 0.15) is 37.3 Å². The maximum atomic E-state index is 13.4. The van der Waals surface area contributed by atoms with Crippen molar-refractivity contribution in [2.45, 2.75) is 26.8 Å². The van der Waals surface area contributed by atoms with Crippen molar-refractivity contribution in [1.82, 2.24) is 19.7 Å². The molecular formula is C24H23ClFN7O3. The lowest BCUT2D eigenvalue weighted by molar-refractivity contribution is 0.101. The predicted octanol–water partition coefficient (Wildman–Crippen LogP) is 4.02. The number of aliphatic imine (C=N–C) groups is 1. The van der Waals surface area contributed by atoms with Gasteiger partial charge >= 0.3 is 6.01 Å². The molecule has 0 bridgehead atoms. The number of halogens is 2. The molecule has 36 heavy (non-hydrogen) atoms. The van der Waals surface area contributed by atoms with Crippen molar-refractivity contribution in [1.29, 1.82) is 0 Å². The number of nitrogens with zero attached hydrogens (tertiary/aromatic N) is 5. The summed E-state index contributed by atoms with van der Waals surface area (Å²) in [7, 11) is 0. The summed E-state index contributed by atoms with van der Waals surface area (Å²) in [6.07, 6.45) is 5.63. The van der Waals surface area contributed by atoms with E-state index in [1.165, 1.54) is 47.5 Å². The van der Waals surface area contributed by atoms with E-state index >= 15 is 0 Å². The number of carbonyl (C=O) groups is 1. The van der Waals surface area contributed by atoms with Gasteiger partial charge in [-0.3, -0.25) is 14.3 Å². The molecule has 0 spiro atoms. The summed E-state index contributed by atoms with van der Waals surface area (Å²) in [6, 6.07) is 5.17. The molecular weight excluding hydrogens is 489 g/mol. The summed E-state index contributed by atoms with van der Waals surface area (Å²) in [5.41, 5.74) is 5.54. The molecule has 0 radical (unpaired) electrons. The topological polar surface area (TPSA) is 137 Å². The van der Waals surface area contributed by atoms with E-state index in [9.17, 15) is 14.0 Å². The SMILES string of the molecule is C=N/C(N)=C(Cl)\C(=C/C)Oc1ncc(NC(=O)c2nn(C(C)C)cc(-c3ccc(F)cc3)c2=O)cn1. The third-order valence-electron chi connectivity index (χ3n) is 4.80. The molecule has 2 aromatic heterocycles. The van der Waals surface area contributed by atoms with Crippen LogP contribution in [-0.4, -0.2) is 32.4 Å². The van der Waals surface area contributed by atoms with Crippen molar-refractivity contribution >= 4 is 29.9 Å². The van der Waals surface area contributed by atoms with Gasteiger partial charge in [0.2, 0.25) is 5.43 Å². The fourth-order valence-electron chi connectivity index (χ4n) is 2.90. The average Bonchev–Trinajstić information content (AvgIpc) is 2.87. The van der Waals surface area contributed by atoms with Gasteiger partial charge in [-0.25, -0.2) is 19.4 Å². The minimum absolute atomic E-state index is 0.0296. The first-order valence-corrected chi connectivity index (χ1v) is 11.0. The predicted molar refractivity (Wildman–Crippen MR) is 135 cm³/mol. The lowest BCUT2D eigenvalue weighted by Gasteiger charge is -2.14. The number of rotatable bonds is 8. The second-order valence-corrected chi connectivity index (χ2v) is 8.00. The summed E-state index contributed by atoms with van der Waals surface area (Å²) >= 11 is 6.09. The van der Waals surface area contributed by atoms with Gasteiger partial charge in [0, 0.05) is 17.8 Å². The summed E-state index contributed by atoms with van der Waals surface area (Å²) < 4.78 is 20.4. The molecule has 3 aromatic rings. The molecule has 12 heteroatoms. The second kappa shape index (κ2) is 11.4. The lowest BCUT2D eigenvalue weighted by atomic mass is 10.1. The van der Waals surface area contributed by atoms with Crippen LogP contribution in [0.5, 0.6) is 6.01 Å². The Balaban J connectivity index is 1.87. The quantitative estimate of drug-likeness (QED) is 0.264. The minimum atomic E-state index is -0.763. The number of hydrogen-bond acceptors (Lipinski definition) is 8. The molecule has 1 aromatic carbocycles. The number of hydrogen-bond donors (Lipinski definition) is 2. The van der Waals surface area contributed by atoms with Gasteiger partial charge in [-0.15, -0.1) is 0 Å². The lowest BCUT2D eigenvalue weighted by Crippen LogP contribution is -2.28. The van der Waals surface area contributed by atoms with Crippen molar-refractivity contribution in [3.63, 3.8) is 0 Å². The monoisotopic (exact) mass is 511 g/mol. The standard InChI is InChI=1S/C24H23ClFN7O3/c1-5-18(19(25)22(27)28-4)36-24-29-10-16(11-30-24)31-23(35)20-21(34)17(12-33(32-20)13(2)3)14-6-8-15(26)9-7-14/h5-13H,4,27H2,1-3H3,(H,31,35)/b18-5+,22-19+. The summed E-state index contributed by atoms with van der Waals surface area (Å²) in [6.45, 7) is 8.66. The highest BCUT2D eigenvalue weighted by atomic mass is 35.5. The Morgan fingerprint density at radius 2 is 1.92 bits per heavy atom. The van der Waals surface area contributed by atoms with Gasteiger partial charge in [0.05, 0.1) is 18.1 Å². The van der Waals surface area contributed by atoms with Gasteiger partial charge in [-0.1, -0.05) is 23.7 Å². The van der Waals surface area contributed by atoms with E-state index < -0.39 is 17.2 Å². The fraction of sp³-hybridized carbons (Fsp3) is 0.167. The van der Waals surface area contributed by atoms with Crippen LogP contribution in [-0.2, 0) is 0 Å². The number of amides is 1. The number of nitrogens with one attached hydrogen (secondary N) is 1. The molecule has 0 saturated carbocycles. The van der Waals surface area contributed by atoms with Crippen molar-refractivity contribution in [3.8, 4) is 17.1 Å². The Hall–Kier alpha value is -4.38. The highest BCUT2D eigenvalue weighted by Crippen LogP contribution is 2.21. The molecule has 3 N–H and O–H groups in total. The van der Waals surface area contributed by atoms with Gasteiger partial charge in [0.15, 0.2) is 5.69 Å². The fourth-order valence-corrected chi connectivity index (χ4v) is 3.11. The third kappa shape index (κ3) is 5.99. The van der Waals surface area contributed by atoms with Gasteiger partial charge in [0.1, 0.15) is 22.4 Å². The Morgan fingerprint density at radius 1 is 1.28 bits per heavy atom. The first-order chi connectivity index (χ1) is 17.1. The molecule has 186 valence electrons. The molecule has 0 fully saturated rings. The average molecular weight is 512 g/mol. The zero-order valence-corrected chi connectivity index (χ0v) is 20.5. The number of carbonyl (C=O) groups excluding carboxylic acids is 1. The zero-order valence-electron chi connectivity index (χ0n) is 19.7. The van der Waals surface area contributed by atoms with E-state index in [0.29, 0.717) is 5.56 Å². The van der Waals surface area contributed by atoms with E-state index in [0.717, 1.165) is 0 Å². The van der Waals surface area contributed by atoms with Crippen molar-refractivity contribution < 1.29 is 13.9 Å². The molecule has 0 saturated heterocycles. The number of benzene rings is 1. The van der Waals surface area contributed by atoms with E-state index in [-0.39, 0.29) is 45.6 Å². The second-order valence-electron chi connectivity index (χ2n) is 7.62. The smallest absolute Gasteiger partial charge is 0.322 e. The molecule has 1 amide bonds. The van der Waals surface area contributed by atoms with Crippen LogP contribution < -0.4 is 21.2 Å².